The van der Waals surface area contributed by atoms with E-state index in [-0.39, 0.29) is 0 Å². The smallest absolute Gasteiger partial charge is 0.258 e. The van der Waals surface area contributed by atoms with Crippen molar-refractivity contribution in [3.63, 3.8) is 0 Å². The molecule has 98 valence electrons. The third kappa shape index (κ3) is 2.50. The van der Waals surface area contributed by atoms with E-state index in [0.29, 0.717) is 10.9 Å². The lowest BCUT2D eigenvalue weighted by atomic mass is 10.2. The quantitative estimate of drug-likeness (QED) is 0.645. The average molecular weight is 296 g/mol. The number of benzene rings is 1. The molecule has 1 aromatic heterocycles. The van der Waals surface area contributed by atoms with Gasteiger partial charge in [0.15, 0.2) is 0 Å². The van der Waals surface area contributed by atoms with Gasteiger partial charge in [-0.2, -0.15) is 21.6 Å². The second-order valence-corrected chi connectivity index (χ2v) is 5.94. The van der Waals surface area contributed by atoms with Crippen molar-refractivity contribution in [1.82, 2.24) is 0 Å². The first-order valence-corrected chi connectivity index (χ1v) is 7.01. The third-order valence-electron chi connectivity index (χ3n) is 2.21. The van der Waals surface area contributed by atoms with Gasteiger partial charge in [-0.15, -0.1) is 11.3 Å². The van der Waals surface area contributed by atoms with Crippen LogP contribution >= 0.6 is 11.3 Å². The van der Waals surface area contributed by atoms with Crippen LogP contribution in [0.15, 0.2) is 29.6 Å². The number of hydrogen-bond acceptors (Lipinski definition) is 4. The predicted molar refractivity (Wildman–Crippen MR) is 61.6 cm³/mol. The van der Waals surface area contributed by atoms with Crippen molar-refractivity contribution in [2.45, 2.75) is 12.1 Å². The van der Waals surface area contributed by atoms with Gasteiger partial charge < -0.3 is 0 Å². The monoisotopic (exact) mass is 296 g/mol. The zero-order valence-corrected chi connectivity index (χ0v) is 10.4. The van der Waals surface area contributed by atoms with E-state index in [1.807, 2.05) is 0 Å². The molecule has 1 heterocycles. The van der Waals surface area contributed by atoms with Crippen LogP contribution < -0.4 is 0 Å². The number of alkyl halides is 3. The molecular formula is C10H7F3O3S2. The fourth-order valence-corrected chi connectivity index (χ4v) is 2.72. The Bertz CT molecular complexity index is 658. The van der Waals surface area contributed by atoms with Gasteiger partial charge in [-0.05, 0) is 22.4 Å². The summed E-state index contributed by atoms with van der Waals surface area (Å²) < 4.78 is 62.5. The van der Waals surface area contributed by atoms with Crippen LogP contribution in [0.5, 0.6) is 0 Å². The van der Waals surface area contributed by atoms with Gasteiger partial charge in [0.2, 0.25) is 0 Å². The molecule has 0 atom stereocenters. The molecule has 1 aromatic carbocycles. The molecule has 0 N–H and O–H groups in total. The van der Waals surface area contributed by atoms with Crippen LogP contribution in [-0.2, 0) is 20.9 Å². The molecule has 0 aliphatic carbocycles. The van der Waals surface area contributed by atoms with Crippen molar-refractivity contribution in [2.24, 2.45) is 0 Å². The van der Waals surface area contributed by atoms with Crippen molar-refractivity contribution >= 4 is 31.5 Å². The van der Waals surface area contributed by atoms with Crippen molar-refractivity contribution in [1.29, 1.82) is 0 Å². The van der Waals surface area contributed by atoms with Crippen LogP contribution in [0.3, 0.4) is 0 Å². The SMILES string of the molecule is O=S(=O)(OCc1csc2ccccc12)C(F)(F)F. The summed E-state index contributed by atoms with van der Waals surface area (Å²) in [5, 5.41) is 2.27. The highest BCUT2D eigenvalue weighted by molar-refractivity contribution is 7.87. The van der Waals surface area contributed by atoms with Crippen LogP contribution in [0.2, 0.25) is 0 Å². The molecule has 0 spiro atoms. The van der Waals surface area contributed by atoms with Gasteiger partial charge in [-0.25, -0.2) is 0 Å². The zero-order valence-electron chi connectivity index (χ0n) is 8.77. The van der Waals surface area contributed by atoms with Crippen molar-refractivity contribution in [3.8, 4) is 0 Å². The van der Waals surface area contributed by atoms with E-state index in [2.05, 4.69) is 4.18 Å². The Balaban J connectivity index is 2.22. The third-order valence-corrected chi connectivity index (χ3v) is 4.22. The van der Waals surface area contributed by atoms with E-state index >= 15 is 0 Å². The second-order valence-electron chi connectivity index (χ2n) is 3.42. The zero-order chi connectivity index (χ0) is 13.4. The summed E-state index contributed by atoms with van der Waals surface area (Å²) in [6.45, 7) is -0.619. The van der Waals surface area contributed by atoms with Gasteiger partial charge in [0.25, 0.3) is 0 Å². The molecule has 18 heavy (non-hydrogen) atoms. The molecular weight excluding hydrogens is 289 g/mol. The number of hydrogen-bond donors (Lipinski definition) is 0. The highest BCUT2D eigenvalue weighted by Crippen LogP contribution is 2.29. The molecule has 2 aromatic rings. The molecule has 0 saturated heterocycles. The maximum Gasteiger partial charge on any atom is 0.523 e. The summed E-state index contributed by atoms with van der Waals surface area (Å²) in [6.07, 6.45) is 0. The van der Waals surface area contributed by atoms with Crippen LogP contribution in [0.25, 0.3) is 10.1 Å². The normalized spacial score (nSPS) is 13.1. The van der Waals surface area contributed by atoms with E-state index in [4.69, 9.17) is 0 Å². The number of thiophene rings is 1. The van der Waals surface area contributed by atoms with E-state index in [9.17, 15) is 21.6 Å². The van der Waals surface area contributed by atoms with Crippen LogP contribution in [0.1, 0.15) is 5.56 Å². The molecule has 0 unspecified atom stereocenters. The van der Waals surface area contributed by atoms with Gasteiger partial charge in [0.05, 0.1) is 6.61 Å². The number of halogens is 3. The van der Waals surface area contributed by atoms with Gasteiger partial charge >= 0.3 is 15.6 Å². The minimum Gasteiger partial charge on any atom is -0.258 e. The Morgan fingerprint density at radius 2 is 1.89 bits per heavy atom. The highest BCUT2D eigenvalue weighted by atomic mass is 32.2. The molecule has 3 nitrogen and oxygen atoms in total. The maximum atomic E-state index is 12.1. The summed E-state index contributed by atoms with van der Waals surface area (Å²) in [6, 6.07) is 7.00. The summed E-state index contributed by atoms with van der Waals surface area (Å²) in [4.78, 5) is 0. The molecule has 0 amide bonds. The van der Waals surface area contributed by atoms with Gasteiger partial charge in [-0.3, -0.25) is 4.18 Å². The van der Waals surface area contributed by atoms with Gasteiger partial charge in [-0.1, -0.05) is 18.2 Å². The Hall–Kier alpha value is -1.12. The second kappa shape index (κ2) is 4.52. The Labute approximate surface area is 105 Å². The van der Waals surface area contributed by atoms with Crippen LogP contribution in [-0.4, -0.2) is 13.9 Å². The minimum atomic E-state index is -5.54. The van der Waals surface area contributed by atoms with Crippen molar-refractivity contribution < 1.29 is 25.8 Å². The molecule has 8 heteroatoms. The summed E-state index contributed by atoms with van der Waals surface area (Å²) >= 11 is 1.32. The molecule has 0 aliphatic heterocycles. The average Bonchev–Trinajstić information content (AvgIpc) is 2.68. The minimum absolute atomic E-state index is 0.420. The van der Waals surface area contributed by atoms with Gasteiger partial charge in [0, 0.05) is 4.70 Å². The molecule has 2 rings (SSSR count). The predicted octanol–water partition coefficient (Wildman–Crippen LogP) is 3.27. The Morgan fingerprint density at radius 3 is 2.56 bits per heavy atom. The molecule has 0 aliphatic rings. The van der Waals surface area contributed by atoms with Crippen molar-refractivity contribution in [3.05, 3.63) is 35.2 Å². The lowest BCUT2D eigenvalue weighted by Crippen LogP contribution is -2.25. The first kappa shape index (κ1) is 13.3. The molecule has 0 fully saturated rings. The first-order chi connectivity index (χ1) is 8.31. The lowest BCUT2D eigenvalue weighted by Gasteiger charge is -2.07. The standard InChI is InChI=1S/C10H7F3O3S2/c11-10(12,13)18(14,15)16-5-7-6-17-9-4-2-1-3-8(7)9/h1-4,6H,5H2. The summed E-state index contributed by atoms with van der Waals surface area (Å²) in [5.41, 5.74) is -4.97. The fraction of sp³-hybridized carbons (Fsp3) is 0.200. The van der Waals surface area contributed by atoms with Crippen LogP contribution in [0, 0.1) is 0 Å². The summed E-state index contributed by atoms with van der Waals surface area (Å²) in [5.74, 6) is 0. The Morgan fingerprint density at radius 1 is 1.22 bits per heavy atom. The highest BCUT2D eigenvalue weighted by Gasteiger charge is 2.47. The largest absolute Gasteiger partial charge is 0.523 e. The topological polar surface area (TPSA) is 43.4 Å². The van der Waals surface area contributed by atoms with Crippen LogP contribution in [0.4, 0.5) is 13.2 Å². The van der Waals surface area contributed by atoms with E-state index in [0.717, 1.165) is 4.70 Å². The van der Waals surface area contributed by atoms with E-state index < -0.39 is 22.2 Å². The van der Waals surface area contributed by atoms with E-state index in [1.165, 1.54) is 11.3 Å². The Kier molecular flexibility index (Phi) is 3.35. The number of rotatable bonds is 3. The summed E-state index contributed by atoms with van der Waals surface area (Å²) in [7, 11) is -5.54. The van der Waals surface area contributed by atoms with E-state index in [1.54, 1.807) is 29.6 Å². The maximum absolute atomic E-state index is 12.1. The number of fused-ring (bicyclic) bond motifs is 1. The fourth-order valence-electron chi connectivity index (χ4n) is 1.35. The first-order valence-electron chi connectivity index (χ1n) is 4.72. The molecule has 0 bridgehead atoms. The lowest BCUT2D eigenvalue weighted by molar-refractivity contribution is -0.0547. The van der Waals surface area contributed by atoms with Gasteiger partial charge in [0.1, 0.15) is 0 Å². The molecule has 0 saturated carbocycles. The molecule has 0 radical (unpaired) electrons. The van der Waals surface area contributed by atoms with Crippen molar-refractivity contribution in [2.75, 3.05) is 0 Å².